The molecule has 0 aliphatic carbocycles. The van der Waals surface area contributed by atoms with E-state index in [0.717, 1.165) is 12.8 Å². The second-order valence-corrected chi connectivity index (χ2v) is 6.11. The van der Waals surface area contributed by atoms with E-state index in [1.165, 1.54) is 12.5 Å². The van der Waals surface area contributed by atoms with E-state index < -0.39 is 28.7 Å². The molecule has 0 bridgehead atoms. The number of amides is 1. The molecule has 2 atom stereocenters. The molecule has 0 aliphatic heterocycles. The van der Waals surface area contributed by atoms with Gasteiger partial charge in [0.25, 0.3) is 0 Å². The molecule has 5 nitrogen and oxygen atoms in total. The van der Waals surface area contributed by atoms with E-state index in [4.69, 9.17) is 5.11 Å². The summed E-state index contributed by atoms with van der Waals surface area (Å²) >= 11 is 0. The Kier molecular flexibility index (Phi) is 6.93. The van der Waals surface area contributed by atoms with Gasteiger partial charge in [0.2, 0.25) is 5.91 Å². The van der Waals surface area contributed by atoms with Crippen molar-refractivity contribution in [3.8, 4) is 0 Å². The Morgan fingerprint density at radius 2 is 1.95 bits per heavy atom. The molecule has 2 N–H and O–H groups in total. The summed E-state index contributed by atoms with van der Waals surface area (Å²) in [5, 5.41) is 11.2. The summed E-state index contributed by atoms with van der Waals surface area (Å²) in [4.78, 5) is 21.8. The minimum absolute atomic E-state index is 0.0519. The summed E-state index contributed by atoms with van der Waals surface area (Å²) in [5.74, 6) is -1.21. The molecule has 2 unspecified atom stereocenters. The lowest BCUT2D eigenvalue weighted by Gasteiger charge is -2.12. The number of hydrogen-bond acceptors (Lipinski definition) is 3. The molecule has 0 aliphatic rings. The molecule has 1 rings (SSSR count). The van der Waals surface area contributed by atoms with Gasteiger partial charge in [0, 0.05) is 23.5 Å². The first-order chi connectivity index (χ1) is 9.49. The summed E-state index contributed by atoms with van der Waals surface area (Å²) in [6, 6.07) is 8.75. The Morgan fingerprint density at radius 3 is 2.50 bits per heavy atom. The van der Waals surface area contributed by atoms with E-state index in [1.807, 2.05) is 30.3 Å². The van der Waals surface area contributed by atoms with Crippen molar-refractivity contribution < 1.29 is 18.9 Å². The standard InChI is InChI=1S/C14H19NO4S/c1-11(16)15-13(14(17)18)10-20(19)9-5-8-12-6-3-2-4-7-12/h2-4,6-7,13H,5,8-10H2,1H3,(H,15,16)(H,17,18). The third-order valence-electron chi connectivity index (χ3n) is 2.71. The number of carboxylic acid groups (broad SMARTS) is 1. The second kappa shape index (κ2) is 8.47. The van der Waals surface area contributed by atoms with Crippen LogP contribution in [-0.4, -0.2) is 38.7 Å². The lowest BCUT2D eigenvalue weighted by Crippen LogP contribution is -2.43. The quantitative estimate of drug-likeness (QED) is 0.748. The van der Waals surface area contributed by atoms with Crippen LogP contribution in [0, 0.1) is 0 Å². The number of aryl methyl sites for hydroxylation is 1. The molecule has 0 spiro atoms. The fraction of sp³-hybridized carbons (Fsp3) is 0.429. The topological polar surface area (TPSA) is 83.5 Å². The number of benzene rings is 1. The fourth-order valence-electron chi connectivity index (χ4n) is 1.77. The highest BCUT2D eigenvalue weighted by molar-refractivity contribution is 7.85. The summed E-state index contributed by atoms with van der Waals surface area (Å²) in [6.07, 6.45) is 1.54. The Balaban J connectivity index is 2.35. The zero-order valence-corrected chi connectivity index (χ0v) is 12.2. The van der Waals surface area contributed by atoms with Crippen molar-refractivity contribution in [2.24, 2.45) is 0 Å². The van der Waals surface area contributed by atoms with Crippen molar-refractivity contribution in [2.45, 2.75) is 25.8 Å². The van der Waals surface area contributed by atoms with Gasteiger partial charge in [-0.05, 0) is 18.4 Å². The average molecular weight is 297 g/mol. The SMILES string of the molecule is CC(=O)NC(CS(=O)CCCc1ccccc1)C(=O)O. The second-order valence-electron chi connectivity index (χ2n) is 4.49. The highest BCUT2D eigenvalue weighted by Gasteiger charge is 2.20. The molecular weight excluding hydrogens is 278 g/mol. The van der Waals surface area contributed by atoms with Crippen LogP contribution < -0.4 is 5.32 Å². The van der Waals surface area contributed by atoms with Crippen molar-refractivity contribution in [1.29, 1.82) is 0 Å². The van der Waals surface area contributed by atoms with Crippen molar-refractivity contribution >= 4 is 22.7 Å². The van der Waals surface area contributed by atoms with Crippen LogP contribution in [-0.2, 0) is 26.8 Å². The number of carbonyl (C=O) groups excluding carboxylic acids is 1. The summed E-state index contributed by atoms with van der Waals surface area (Å²) < 4.78 is 11.8. The molecule has 0 heterocycles. The summed E-state index contributed by atoms with van der Waals surface area (Å²) in [5.41, 5.74) is 1.17. The Bertz CT molecular complexity index is 475. The highest BCUT2D eigenvalue weighted by Crippen LogP contribution is 2.03. The molecular formula is C14H19NO4S. The van der Waals surface area contributed by atoms with Gasteiger partial charge in [-0.25, -0.2) is 4.79 Å². The Labute approximate surface area is 120 Å². The zero-order chi connectivity index (χ0) is 15.0. The first kappa shape index (κ1) is 16.4. The van der Waals surface area contributed by atoms with Crippen LogP contribution >= 0.6 is 0 Å². The maximum absolute atomic E-state index is 11.8. The molecule has 0 aromatic heterocycles. The predicted octanol–water partition coefficient (Wildman–Crippen LogP) is 0.957. The lowest BCUT2D eigenvalue weighted by molar-refractivity contribution is -0.140. The van der Waals surface area contributed by atoms with E-state index in [0.29, 0.717) is 5.75 Å². The van der Waals surface area contributed by atoms with Crippen LogP contribution in [0.1, 0.15) is 18.9 Å². The van der Waals surface area contributed by atoms with Crippen LogP contribution in [0.4, 0.5) is 0 Å². The molecule has 1 aromatic rings. The maximum Gasteiger partial charge on any atom is 0.327 e. The fourth-order valence-corrected chi connectivity index (χ4v) is 3.00. The molecule has 20 heavy (non-hydrogen) atoms. The number of carboxylic acids is 1. The minimum Gasteiger partial charge on any atom is -0.480 e. The molecule has 0 saturated carbocycles. The van der Waals surface area contributed by atoms with Gasteiger partial charge < -0.3 is 10.4 Å². The normalized spacial score (nSPS) is 13.4. The Hall–Kier alpha value is -1.69. The van der Waals surface area contributed by atoms with Gasteiger partial charge in [0.15, 0.2) is 0 Å². The summed E-state index contributed by atoms with van der Waals surface area (Å²) in [7, 11) is -1.26. The van der Waals surface area contributed by atoms with E-state index >= 15 is 0 Å². The molecule has 0 saturated heterocycles. The van der Waals surface area contributed by atoms with Crippen molar-refractivity contribution in [3.63, 3.8) is 0 Å². The van der Waals surface area contributed by atoms with Crippen LogP contribution in [0.3, 0.4) is 0 Å². The lowest BCUT2D eigenvalue weighted by atomic mass is 10.1. The van der Waals surface area contributed by atoms with Gasteiger partial charge >= 0.3 is 5.97 Å². The monoisotopic (exact) mass is 297 g/mol. The molecule has 110 valence electrons. The highest BCUT2D eigenvalue weighted by atomic mass is 32.2. The molecule has 1 amide bonds. The van der Waals surface area contributed by atoms with Crippen molar-refractivity contribution in [2.75, 3.05) is 11.5 Å². The minimum atomic E-state index is -1.26. The first-order valence-corrected chi connectivity index (χ1v) is 7.86. The van der Waals surface area contributed by atoms with Crippen molar-refractivity contribution in [1.82, 2.24) is 5.32 Å². The van der Waals surface area contributed by atoms with E-state index in [-0.39, 0.29) is 5.75 Å². The van der Waals surface area contributed by atoms with Gasteiger partial charge in [0.1, 0.15) is 6.04 Å². The number of nitrogens with one attached hydrogen (secondary N) is 1. The summed E-state index contributed by atoms with van der Waals surface area (Å²) in [6.45, 7) is 1.24. The van der Waals surface area contributed by atoms with Gasteiger partial charge in [0.05, 0.1) is 5.75 Å². The largest absolute Gasteiger partial charge is 0.480 e. The zero-order valence-electron chi connectivity index (χ0n) is 11.4. The molecule has 1 aromatic carbocycles. The Morgan fingerprint density at radius 1 is 1.30 bits per heavy atom. The first-order valence-electron chi connectivity index (χ1n) is 6.38. The van der Waals surface area contributed by atoms with Crippen LogP contribution in [0.2, 0.25) is 0 Å². The number of hydrogen-bond donors (Lipinski definition) is 2. The number of carbonyl (C=O) groups is 2. The molecule has 6 heteroatoms. The predicted molar refractivity (Wildman–Crippen MR) is 77.9 cm³/mol. The van der Waals surface area contributed by atoms with Gasteiger partial charge in [-0.3, -0.25) is 9.00 Å². The molecule has 0 radical (unpaired) electrons. The third kappa shape index (κ3) is 6.47. The molecule has 0 fully saturated rings. The number of aliphatic carboxylic acids is 1. The van der Waals surface area contributed by atoms with Crippen molar-refractivity contribution in [3.05, 3.63) is 35.9 Å². The number of rotatable bonds is 8. The van der Waals surface area contributed by atoms with E-state index in [2.05, 4.69) is 5.32 Å². The van der Waals surface area contributed by atoms with Crippen LogP contribution in [0.5, 0.6) is 0 Å². The van der Waals surface area contributed by atoms with E-state index in [9.17, 15) is 13.8 Å². The average Bonchev–Trinajstić information content (AvgIpc) is 2.38. The van der Waals surface area contributed by atoms with E-state index in [1.54, 1.807) is 0 Å². The van der Waals surface area contributed by atoms with Gasteiger partial charge in [-0.15, -0.1) is 0 Å². The maximum atomic E-state index is 11.8. The van der Waals surface area contributed by atoms with Crippen LogP contribution in [0.25, 0.3) is 0 Å². The van der Waals surface area contributed by atoms with Gasteiger partial charge in [-0.1, -0.05) is 30.3 Å². The smallest absolute Gasteiger partial charge is 0.327 e. The van der Waals surface area contributed by atoms with Crippen LogP contribution in [0.15, 0.2) is 30.3 Å². The third-order valence-corrected chi connectivity index (χ3v) is 4.16. The van der Waals surface area contributed by atoms with Gasteiger partial charge in [-0.2, -0.15) is 0 Å².